The summed E-state index contributed by atoms with van der Waals surface area (Å²) in [6.07, 6.45) is 4.90. The van der Waals surface area contributed by atoms with Gasteiger partial charge in [-0.05, 0) is 43.5 Å². The molecule has 146 valence electrons. The van der Waals surface area contributed by atoms with Crippen LogP contribution in [0.2, 0.25) is 0 Å². The van der Waals surface area contributed by atoms with Gasteiger partial charge < -0.3 is 10.1 Å². The molecule has 1 amide bonds. The van der Waals surface area contributed by atoms with Gasteiger partial charge in [0.25, 0.3) is 0 Å². The number of nitriles is 1. The number of carbonyl (C=O) groups excluding carboxylic acids is 1. The zero-order chi connectivity index (χ0) is 20.0. The summed E-state index contributed by atoms with van der Waals surface area (Å²) < 4.78 is 20.1. The molecule has 0 heterocycles. The molecule has 3 rings (SSSR count). The lowest BCUT2D eigenvalue weighted by Crippen LogP contribution is -2.38. The average Bonchev–Trinajstić information content (AvgIpc) is 3.20. The number of nitrogens with one attached hydrogen (secondary N) is 1. The van der Waals surface area contributed by atoms with Crippen LogP contribution in [0.4, 0.5) is 10.1 Å². The van der Waals surface area contributed by atoms with E-state index in [0.717, 1.165) is 25.7 Å². The minimum atomic E-state index is -0.894. The molecule has 4 nitrogen and oxygen atoms in total. The Kier molecular flexibility index (Phi) is 6.30. The lowest BCUT2D eigenvalue weighted by atomic mass is 9.77. The zero-order valence-electron chi connectivity index (χ0n) is 16.1. The second kappa shape index (κ2) is 8.88. The van der Waals surface area contributed by atoms with Crippen LogP contribution < -0.4 is 10.1 Å². The Balaban J connectivity index is 1.85. The van der Waals surface area contributed by atoms with E-state index in [1.165, 1.54) is 6.07 Å². The first-order chi connectivity index (χ1) is 13.6. The smallest absolute Gasteiger partial charge is 0.235 e. The van der Waals surface area contributed by atoms with Crippen LogP contribution in [0.1, 0.15) is 56.6 Å². The molecule has 2 aromatic rings. The molecule has 28 heavy (non-hydrogen) atoms. The highest BCUT2D eigenvalue weighted by atomic mass is 19.1. The van der Waals surface area contributed by atoms with Gasteiger partial charge in [0, 0.05) is 5.56 Å². The van der Waals surface area contributed by atoms with E-state index in [1.54, 1.807) is 36.4 Å². The maximum atomic E-state index is 14.5. The number of benzene rings is 2. The molecule has 1 aliphatic rings. The fourth-order valence-electron chi connectivity index (χ4n) is 3.84. The van der Waals surface area contributed by atoms with Crippen LogP contribution in [-0.4, -0.2) is 12.5 Å². The quantitative estimate of drug-likeness (QED) is 0.661. The number of ether oxygens (including phenoxy) is 1. The van der Waals surface area contributed by atoms with Crippen LogP contribution in [0.25, 0.3) is 0 Å². The second-order valence-corrected chi connectivity index (χ2v) is 7.24. The monoisotopic (exact) mass is 380 g/mol. The van der Waals surface area contributed by atoms with Crippen molar-refractivity contribution in [2.75, 3.05) is 11.9 Å². The Morgan fingerprint density at radius 2 is 2.00 bits per heavy atom. The third kappa shape index (κ3) is 4.01. The summed E-state index contributed by atoms with van der Waals surface area (Å²) in [5.74, 6) is -0.0151. The molecule has 0 radical (unpaired) electrons. The lowest BCUT2D eigenvalue weighted by molar-refractivity contribution is -0.121. The first-order valence-corrected chi connectivity index (χ1v) is 9.84. The Bertz CT molecular complexity index is 882. The molecule has 0 aromatic heterocycles. The standard InChI is InChI=1S/C23H25FN2O2/c1-2-3-14-28-18-10-11-21(17(15-18)16-25)26-22(27)23(12-6-7-13-23)19-8-4-5-9-20(19)24/h4-5,8-11,15H,2-3,6-7,12-14H2,1H3,(H,26,27). The molecule has 5 heteroatoms. The fourth-order valence-corrected chi connectivity index (χ4v) is 3.84. The molecular weight excluding hydrogens is 355 g/mol. The minimum absolute atomic E-state index is 0.258. The van der Waals surface area contributed by atoms with Crippen molar-refractivity contribution in [2.45, 2.75) is 50.9 Å². The van der Waals surface area contributed by atoms with Crippen molar-refractivity contribution in [3.05, 3.63) is 59.4 Å². The fraction of sp³-hybridized carbons (Fsp3) is 0.391. The first kappa shape index (κ1) is 19.9. The molecule has 1 saturated carbocycles. The van der Waals surface area contributed by atoms with Crippen LogP contribution in [0.3, 0.4) is 0 Å². The highest BCUT2D eigenvalue weighted by Gasteiger charge is 2.44. The summed E-state index contributed by atoms with van der Waals surface area (Å²) in [6, 6.07) is 13.7. The van der Waals surface area contributed by atoms with Crippen LogP contribution >= 0.6 is 0 Å². The maximum absolute atomic E-state index is 14.5. The van der Waals surface area contributed by atoms with Gasteiger partial charge in [-0.3, -0.25) is 4.79 Å². The van der Waals surface area contributed by atoms with E-state index >= 15 is 0 Å². The highest BCUT2D eigenvalue weighted by molar-refractivity contribution is 6.00. The minimum Gasteiger partial charge on any atom is -0.494 e. The normalized spacial score (nSPS) is 15.0. The number of unbranched alkanes of at least 4 members (excludes halogenated alkanes) is 1. The molecule has 0 spiro atoms. The van der Waals surface area contributed by atoms with E-state index in [9.17, 15) is 14.4 Å². The summed E-state index contributed by atoms with van der Waals surface area (Å²) >= 11 is 0. The number of rotatable bonds is 7. The Hall–Kier alpha value is -2.87. The van der Waals surface area contributed by atoms with E-state index < -0.39 is 5.41 Å². The second-order valence-electron chi connectivity index (χ2n) is 7.24. The van der Waals surface area contributed by atoms with Gasteiger partial charge in [0.2, 0.25) is 5.91 Å². The molecule has 1 N–H and O–H groups in total. The lowest BCUT2D eigenvalue weighted by Gasteiger charge is -2.29. The maximum Gasteiger partial charge on any atom is 0.235 e. The van der Waals surface area contributed by atoms with Gasteiger partial charge in [0.15, 0.2) is 0 Å². The predicted molar refractivity (Wildman–Crippen MR) is 107 cm³/mol. The van der Waals surface area contributed by atoms with Crippen molar-refractivity contribution in [1.82, 2.24) is 0 Å². The van der Waals surface area contributed by atoms with E-state index in [4.69, 9.17) is 4.74 Å². The third-order valence-corrected chi connectivity index (χ3v) is 5.41. The summed E-state index contributed by atoms with van der Waals surface area (Å²) in [6.45, 7) is 2.67. The summed E-state index contributed by atoms with van der Waals surface area (Å²) in [4.78, 5) is 13.2. The van der Waals surface area contributed by atoms with E-state index in [2.05, 4.69) is 18.3 Å². The SMILES string of the molecule is CCCCOc1ccc(NC(=O)C2(c3ccccc3F)CCCC2)c(C#N)c1. The molecule has 0 atom stereocenters. The Labute approximate surface area is 165 Å². The van der Waals surface area contributed by atoms with Gasteiger partial charge in [-0.25, -0.2) is 4.39 Å². The van der Waals surface area contributed by atoms with Gasteiger partial charge in [0.05, 0.1) is 23.3 Å². The average molecular weight is 380 g/mol. The van der Waals surface area contributed by atoms with Crippen LogP contribution in [0.5, 0.6) is 5.75 Å². The van der Waals surface area contributed by atoms with Gasteiger partial charge in [0.1, 0.15) is 17.6 Å². The van der Waals surface area contributed by atoms with Crippen molar-refractivity contribution < 1.29 is 13.9 Å². The van der Waals surface area contributed by atoms with Crippen molar-refractivity contribution in [3.63, 3.8) is 0 Å². The molecule has 0 saturated heterocycles. The molecule has 0 unspecified atom stereocenters. The molecule has 2 aromatic carbocycles. The molecule has 0 bridgehead atoms. The number of hydrogen-bond donors (Lipinski definition) is 1. The predicted octanol–water partition coefficient (Wildman–Crippen LogP) is 5.33. The summed E-state index contributed by atoms with van der Waals surface area (Å²) in [7, 11) is 0. The van der Waals surface area contributed by atoms with E-state index in [1.807, 2.05) is 0 Å². The van der Waals surface area contributed by atoms with Gasteiger partial charge in [-0.1, -0.05) is 44.4 Å². The number of hydrogen-bond acceptors (Lipinski definition) is 3. The molecule has 1 aliphatic carbocycles. The number of nitrogens with zero attached hydrogens (tertiary/aromatic N) is 1. The highest BCUT2D eigenvalue weighted by Crippen LogP contribution is 2.43. The number of halogens is 1. The number of anilines is 1. The van der Waals surface area contributed by atoms with Crippen molar-refractivity contribution >= 4 is 11.6 Å². The van der Waals surface area contributed by atoms with Gasteiger partial charge in [-0.2, -0.15) is 5.26 Å². The van der Waals surface area contributed by atoms with Crippen LogP contribution in [0.15, 0.2) is 42.5 Å². The first-order valence-electron chi connectivity index (χ1n) is 9.84. The van der Waals surface area contributed by atoms with E-state index in [-0.39, 0.29) is 11.7 Å². The zero-order valence-corrected chi connectivity index (χ0v) is 16.1. The van der Waals surface area contributed by atoms with Crippen LogP contribution in [-0.2, 0) is 10.2 Å². The van der Waals surface area contributed by atoms with Gasteiger partial charge >= 0.3 is 0 Å². The Morgan fingerprint density at radius 1 is 1.25 bits per heavy atom. The van der Waals surface area contributed by atoms with Crippen molar-refractivity contribution in [3.8, 4) is 11.8 Å². The number of amides is 1. The number of carbonyl (C=O) groups is 1. The third-order valence-electron chi connectivity index (χ3n) is 5.41. The Morgan fingerprint density at radius 3 is 2.68 bits per heavy atom. The van der Waals surface area contributed by atoms with Crippen molar-refractivity contribution in [2.24, 2.45) is 0 Å². The topological polar surface area (TPSA) is 62.1 Å². The van der Waals surface area contributed by atoms with Gasteiger partial charge in [-0.15, -0.1) is 0 Å². The molecule has 0 aliphatic heterocycles. The molecular formula is C23H25FN2O2. The van der Waals surface area contributed by atoms with Crippen molar-refractivity contribution in [1.29, 1.82) is 5.26 Å². The largest absolute Gasteiger partial charge is 0.494 e. The summed E-state index contributed by atoms with van der Waals surface area (Å²) in [5, 5.41) is 12.4. The molecule has 1 fully saturated rings. The van der Waals surface area contributed by atoms with Crippen LogP contribution in [0, 0.1) is 17.1 Å². The summed E-state index contributed by atoms with van der Waals surface area (Å²) in [5.41, 5.74) is 0.305. The van der Waals surface area contributed by atoms with E-state index in [0.29, 0.717) is 42.0 Å².